The number of terminal acetylenes is 1. The number of halogens is 1. The number of aliphatic imine (C=N–C) groups is 1. The average molecular weight is 276 g/mol. The van der Waals surface area contributed by atoms with Crippen LogP contribution in [0.15, 0.2) is 39.5 Å². The topological polar surface area (TPSA) is 12.4 Å². The van der Waals surface area contributed by atoms with Crippen molar-refractivity contribution in [3.8, 4) is 12.3 Å². The molecule has 1 aliphatic rings. The van der Waals surface area contributed by atoms with Crippen molar-refractivity contribution in [2.45, 2.75) is 46.5 Å². The molecule has 0 amide bonds. The largest absolute Gasteiger partial charge is 0.260 e. The molecule has 0 unspecified atom stereocenters. The summed E-state index contributed by atoms with van der Waals surface area (Å²) in [5.74, 6) is 3.32. The molecule has 0 radical (unpaired) electrons. The number of nitrogens with zero attached hydrogens (tertiary/aromatic N) is 1. The maximum Gasteiger partial charge on any atom is 0.0482 e. The summed E-state index contributed by atoms with van der Waals surface area (Å²) in [5, 5.41) is 0.595. The van der Waals surface area contributed by atoms with E-state index < -0.39 is 0 Å². The lowest BCUT2D eigenvalue weighted by atomic mass is 10.1. The van der Waals surface area contributed by atoms with Gasteiger partial charge in [-0.05, 0) is 44.6 Å². The predicted molar refractivity (Wildman–Crippen MR) is 85.4 cm³/mol. The van der Waals surface area contributed by atoms with Gasteiger partial charge in [0, 0.05) is 23.4 Å². The van der Waals surface area contributed by atoms with Crippen LogP contribution >= 0.6 is 11.6 Å². The molecule has 0 aliphatic heterocycles. The van der Waals surface area contributed by atoms with E-state index in [-0.39, 0.29) is 0 Å². The molecule has 1 rings (SSSR count). The van der Waals surface area contributed by atoms with Crippen LogP contribution in [0.1, 0.15) is 46.5 Å². The highest BCUT2D eigenvalue weighted by molar-refractivity contribution is 6.29. The first kappa shape index (κ1) is 15.8. The summed E-state index contributed by atoms with van der Waals surface area (Å²) in [6.07, 6.45) is 15.5. The summed E-state index contributed by atoms with van der Waals surface area (Å²) in [7, 11) is 0. The Labute approximate surface area is 122 Å². The van der Waals surface area contributed by atoms with Crippen molar-refractivity contribution in [3.05, 3.63) is 34.5 Å². The minimum absolute atomic E-state index is 0.433. The number of rotatable bonds is 6. The summed E-state index contributed by atoms with van der Waals surface area (Å²) in [6, 6.07) is 0. The van der Waals surface area contributed by atoms with Crippen molar-refractivity contribution in [3.63, 3.8) is 0 Å². The third kappa shape index (κ3) is 5.94. The Bertz CT molecular complexity index is 468. The van der Waals surface area contributed by atoms with Gasteiger partial charge in [-0.25, -0.2) is 0 Å². The van der Waals surface area contributed by atoms with E-state index in [9.17, 15) is 0 Å². The fourth-order valence-electron chi connectivity index (χ4n) is 1.76. The molecule has 0 bridgehead atoms. The van der Waals surface area contributed by atoms with Crippen LogP contribution in [0.25, 0.3) is 0 Å². The van der Waals surface area contributed by atoms with E-state index in [2.05, 4.69) is 36.9 Å². The van der Waals surface area contributed by atoms with E-state index in [1.807, 2.05) is 6.92 Å². The fourth-order valence-corrected chi connectivity index (χ4v) is 1.89. The van der Waals surface area contributed by atoms with Crippen LogP contribution < -0.4 is 0 Å². The van der Waals surface area contributed by atoms with Gasteiger partial charge in [0.25, 0.3) is 0 Å². The SMILES string of the molecule is C#CC\C(Cl)=C/N=C(C)\C(C)=C\C=C(/CC)C1CC1. The molecule has 19 heavy (non-hydrogen) atoms. The van der Waals surface area contributed by atoms with Gasteiger partial charge in [0.2, 0.25) is 0 Å². The second-order valence-electron chi connectivity index (χ2n) is 4.89. The maximum absolute atomic E-state index is 5.91. The van der Waals surface area contributed by atoms with Gasteiger partial charge in [-0.15, -0.1) is 12.3 Å². The molecule has 2 heteroatoms. The Kier molecular flexibility index (Phi) is 6.67. The number of hydrogen-bond acceptors (Lipinski definition) is 1. The fraction of sp³-hybridized carbons (Fsp3) is 0.471. The highest BCUT2D eigenvalue weighted by Crippen LogP contribution is 2.37. The van der Waals surface area contributed by atoms with Crippen LogP contribution in [0.5, 0.6) is 0 Å². The van der Waals surface area contributed by atoms with Gasteiger partial charge in [-0.1, -0.05) is 36.2 Å². The van der Waals surface area contributed by atoms with E-state index in [1.54, 1.807) is 11.8 Å². The third-order valence-electron chi connectivity index (χ3n) is 3.30. The van der Waals surface area contributed by atoms with Crippen molar-refractivity contribution in [2.24, 2.45) is 10.9 Å². The maximum atomic E-state index is 5.91. The lowest BCUT2D eigenvalue weighted by Crippen LogP contribution is -1.92. The molecular weight excluding hydrogens is 254 g/mol. The van der Waals surface area contributed by atoms with Crippen LogP contribution in [0.3, 0.4) is 0 Å². The van der Waals surface area contributed by atoms with Gasteiger partial charge in [-0.3, -0.25) is 4.99 Å². The first-order chi connectivity index (χ1) is 9.08. The smallest absolute Gasteiger partial charge is 0.0482 e. The Morgan fingerprint density at radius 3 is 2.58 bits per heavy atom. The molecule has 0 N–H and O–H groups in total. The lowest BCUT2D eigenvalue weighted by Gasteiger charge is -2.01. The highest BCUT2D eigenvalue weighted by Gasteiger charge is 2.23. The molecule has 0 aromatic heterocycles. The van der Waals surface area contributed by atoms with E-state index in [0.29, 0.717) is 11.5 Å². The molecule has 0 aromatic carbocycles. The van der Waals surface area contributed by atoms with Crippen molar-refractivity contribution in [1.29, 1.82) is 0 Å². The van der Waals surface area contributed by atoms with Crippen molar-refractivity contribution < 1.29 is 0 Å². The molecule has 1 aliphatic carbocycles. The molecule has 1 fully saturated rings. The van der Waals surface area contributed by atoms with Crippen LogP contribution in [-0.2, 0) is 0 Å². The van der Waals surface area contributed by atoms with Gasteiger partial charge >= 0.3 is 0 Å². The summed E-state index contributed by atoms with van der Waals surface area (Å²) >= 11 is 5.91. The first-order valence-corrected chi connectivity index (χ1v) is 7.16. The van der Waals surface area contributed by atoms with E-state index in [1.165, 1.54) is 12.8 Å². The Hall–Kier alpha value is -1.26. The van der Waals surface area contributed by atoms with Gasteiger partial charge in [-0.2, -0.15) is 0 Å². The van der Waals surface area contributed by atoms with Gasteiger partial charge in [0.15, 0.2) is 0 Å². The zero-order chi connectivity index (χ0) is 14.3. The molecule has 0 saturated heterocycles. The molecule has 0 spiro atoms. The van der Waals surface area contributed by atoms with Crippen LogP contribution in [0, 0.1) is 18.3 Å². The molecular formula is C17H22ClN. The zero-order valence-electron chi connectivity index (χ0n) is 12.0. The highest BCUT2D eigenvalue weighted by atomic mass is 35.5. The van der Waals surface area contributed by atoms with Crippen molar-refractivity contribution in [2.75, 3.05) is 0 Å². The van der Waals surface area contributed by atoms with Crippen LogP contribution in [0.4, 0.5) is 0 Å². The zero-order valence-corrected chi connectivity index (χ0v) is 12.8. The summed E-state index contributed by atoms with van der Waals surface area (Å²) < 4.78 is 0. The number of hydrogen-bond donors (Lipinski definition) is 0. The summed E-state index contributed by atoms with van der Waals surface area (Å²) in [6.45, 7) is 6.27. The third-order valence-corrected chi connectivity index (χ3v) is 3.53. The molecule has 0 aromatic rings. The van der Waals surface area contributed by atoms with E-state index in [4.69, 9.17) is 18.0 Å². The van der Waals surface area contributed by atoms with Crippen LogP contribution in [0.2, 0.25) is 0 Å². The monoisotopic (exact) mass is 275 g/mol. The van der Waals surface area contributed by atoms with Gasteiger partial charge in [0.05, 0.1) is 0 Å². The van der Waals surface area contributed by atoms with Gasteiger partial charge < -0.3 is 0 Å². The second kappa shape index (κ2) is 8.02. The normalized spacial score (nSPS) is 18.5. The first-order valence-electron chi connectivity index (χ1n) is 6.78. The number of allylic oxidation sites excluding steroid dienone is 5. The Morgan fingerprint density at radius 1 is 1.37 bits per heavy atom. The minimum atomic E-state index is 0.433. The standard InChI is InChI=1S/C17H22ClN/c1-5-7-17(18)12-19-14(4)13(3)8-9-15(6-2)16-10-11-16/h1,8-9,12,16H,6-7,10-11H2,2-4H3/b13-8+,15-9+,17-12+,19-14-. The molecule has 1 saturated carbocycles. The predicted octanol–water partition coefficient (Wildman–Crippen LogP) is 5.24. The van der Waals surface area contributed by atoms with Gasteiger partial charge in [0.1, 0.15) is 0 Å². The van der Waals surface area contributed by atoms with Crippen molar-refractivity contribution in [1.82, 2.24) is 0 Å². The molecule has 0 atom stereocenters. The second-order valence-corrected chi connectivity index (χ2v) is 5.38. The molecule has 102 valence electrons. The van der Waals surface area contributed by atoms with E-state index in [0.717, 1.165) is 23.6 Å². The van der Waals surface area contributed by atoms with E-state index >= 15 is 0 Å². The van der Waals surface area contributed by atoms with Crippen LogP contribution in [-0.4, -0.2) is 5.71 Å². The summed E-state index contributed by atoms with van der Waals surface area (Å²) in [4.78, 5) is 4.34. The lowest BCUT2D eigenvalue weighted by molar-refractivity contribution is 0.912. The average Bonchev–Trinajstić information content (AvgIpc) is 3.21. The quantitative estimate of drug-likeness (QED) is 0.357. The Balaban J connectivity index is 2.70. The van der Waals surface area contributed by atoms with Crippen molar-refractivity contribution >= 4 is 17.3 Å². The minimum Gasteiger partial charge on any atom is -0.260 e. The molecule has 1 nitrogen and oxygen atoms in total. The molecule has 0 heterocycles. The summed E-state index contributed by atoms with van der Waals surface area (Å²) in [5.41, 5.74) is 3.68. The Morgan fingerprint density at radius 2 is 2.05 bits per heavy atom.